The zero-order chi connectivity index (χ0) is 16.9. The van der Waals surface area contributed by atoms with Crippen molar-refractivity contribution in [3.63, 3.8) is 0 Å². The van der Waals surface area contributed by atoms with Crippen LogP contribution in [0.15, 0.2) is 39.8 Å². The number of amides is 1. The number of anilines is 1. The predicted molar refractivity (Wildman–Crippen MR) is 85.7 cm³/mol. The lowest BCUT2D eigenvalue weighted by molar-refractivity contribution is -0.751. The van der Waals surface area contributed by atoms with Gasteiger partial charge in [-0.3, -0.25) is 9.32 Å². The van der Waals surface area contributed by atoms with Gasteiger partial charge < -0.3 is 15.0 Å². The van der Waals surface area contributed by atoms with Crippen LogP contribution in [-0.2, 0) is 11.3 Å². The van der Waals surface area contributed by atoms with E-state index in [1.807, 2.05) is 29.2 Å². The first-order valence-electron chi connectivity index (χ1n) is 7.90. The minimum absolute atomic E-state index is 0.0433. The van der Waals surface area contributed by atoms with Gasteiger partial charge in [0.05, 0.1) is 7.11 Å². The molecule has 2 heterocycles. The van der Waals surface area contributed by atoms with Gasteiger partial charge in [-0.15, -0.1) is 0 Å². The number of benzene rings is 1. The highest BCUT2D eigenvalue weighted by Gasteiger charge is 2.26. The van der Waals surface area contributed by atoms with Gasteiger partial charge in [0, 0.05) is 24.8 Å². The minimum atomic E-state index is -0.500. The van der Waals surface area contributed by atoms with Crippen LogP contribution in [0.25, 0.3) is 0 Å². The molecular weight excluding hydrogens is 312 g/mol. The van der Waals surface area contributed by atoms with E-state index >= 15 is 0 Å². The standard InChI is InChI=1S/C16H20N4O4/c1-23-14-6-4-12(5-7-14)17-13-3-2-8-19(9-13)15(21)10-20-11-16(22)24-18-20/h4-7,11,13,17H,2-3,8-10H2,1H3/p+1/t13-/m0/s1. The Kier molecular flexibility index (Phi) is 4.83. The van der Waals surface area contributed by atoms with Crippen molar-refractivity contribution in [2.24, 2.45) is 0 Å². The Hall–Kier alpha value is -2.77. The van der Waals surface area contributed by atoms with Crippen LogP contribution in [-0.4, -0.2) is 42.3 Å². The summed E-state index contributed by atoms with van der Waals surface area (Å²) in [6.45, 7) is 1.43. The smallest absolute Gasteiger partial charge is 0.426 e. The van der Waals surface area contributed by atoms with Gasteiger partial charge in [-0.2, -0.15) is 0 Å². The van der Waals surface area contributed by atoms with Crippen LogP contribution >= 0.6 is 0 Å². The Morgan fingerprint density at radius 3 is 2.92 bits per heavy atom. The second-order valence-corrected chi connectivity index (χ2v) is 5.82. The molecular formula is C16H21N4O4+. The molecule has 8 nitrogen and oxygen atoms in total. The largest absolute Gasteiger partial charge is 0.497 e. The second-order valence-electron chi connectivity index (χ2n) is 5.82. The highest BCUT2D eigenvalue weighted by Crippen LogP contribution is 2.19. The minimum Gasteiger partial charge on any atom is -0.497 e. The third kappa shape index (κ3) is 3.95. The summed E-state index contributed by atoms with van der Waals surface area (Å²) in [6.07, 6.45) is 3.17. The van der Waals surface area contributed by atoms with Gasteiger partial charge in [-0.05, 0) is 42.4 Å². The maximum absolute atomic E-state index is 12.4. The molecule has 0 saturated carbocycles. The molecule has 8 heteroatoms. The van der Waals surface area contributed by atoms with E-state index in [0.29, 0.717) is 6.54 Å². The molecule has 1 aliphatic rings. The number of carbonyl (C=O) groups is 1. The Morgan fingerprint density at radius 2 is 2.25 bits per heavy atom. The third-order valence-electron chi connectivity index (χ3n) is 4.07. The molecule has 1 fully saturated rings. The molecule has 1 aliphatic heterocycles. The molecule has 0 radical (unpaired) electrons. The average molecular weight is 333 g/mol. The summed E-state index contributed by atoms with van der Waals surface area (Å²) in [5, 5.41) is 5.84. The van der Waals surface area contributed by atoms with E-state index in [9.17, 15) is 9.59 Å². The molecule has 0 bridgehead atoms. The molecule has 1 saturated heterocycles. The van der Waals surface area contributed by atoms with E-state index in [-0.39, 0.29) is 18.5 Å². The number of aromatic nitrogens is 2. The van der Waals surface area contributed by atoms with Crippen LogP contribution in [0.2, 0.25) is 0 Å². The van der Waals surface area contributed by atoms with Crippen molar-refractivity contribution in [1.29, 1.82) is 0 Å². The normalized spacial score (nSPS) is 17.5. The van der Waals surface area contributed by atoms with E-state index in [0.717, 1.165) is 30.8 Å². The van der Waals surface area contributed by atoms with Crippen LogP contribution in [0.4, 0.5) is 5.69 Å². The molecule has 1 aromatic carbocycles. The molecule has 2 aromatic rings. The molecule has 2 N–H and O–H groups in total. The van der Waals surface area contributed by atoms with Crippen molar-refractivity contribution in [1.82, 2.24) is 10.2 Å². The lowest BCUT2D eigenvalue weighted by Gasteiger charge is -2.33. The van der Waals surface area contributed by atoms with Crippen LogP contribution in [0.3, 0.4) is 0 Å². The van der Waals surface area contributed by atoms with E-state index in [1.54, 1.807) is 7.11 Å². The first-order valence-corrected chi connectivity index (χ1v) is 7.90. The van der Waals surface area contributed by atoms with Crippen molar-refractivity contribution in [2.75, 3.05) is 25.5 Å². The van der Waals surface area contributed by atoms with Gasteiger partial charge in [0.2, 0.25) is 0 Å². The number of nitrogens with one attached hydrogen (secondary N) is 2. The van der Waals surface area contributed by atoms with Crippen LogP contribution < -0.4 is 20.4 Å². The maximum atomic E-state index is 12.4. The van der Waals surface area contributed by atoms with Gasteiger partial charge in [0.1, 0.15) is 5.75 Å². The van der Waals surface area contributed by atoms with Crippen molar-refractivity contribution < 1.29 is 18.7 Å². The first kappa shape index (κ1) is 16.1. The number of aromatic amines is 1. The summed E-state index contributed by atoms with van der Waals surface area (Å²) in [5.74, 6) is 0.769. The number of hydrogen-bond donors (Lipinski definition) is 2. The molecule has 3 rings (SSSR count). The Balaban J connectivity index is 1.56. The van der Waals surface area contributed by atoms with Gasteiger partial charge in [-0.1, -0.05) is 4.68 Å². The van der Waals surface area contributed by atoms with Gasteiger partial charge in [0.15, 0.2) is 0 Å². The number of hydrogen-bond acceptors (Lipinski definition) is 5. The maximum Gasteiger partial charge on any atom is 0.426 e. The summed E-state index contributed by atoms with van der Waals surface area (Å²) in [6, 6.07) is 7.93. The van der Waals surface area contributed by atoms with Gasteiger partial charge >= 0.3 is 5.63 Å². The zero-order valence-corrected chi connectivity index (χ0v) is 13.5. The third-order valence-corrected chi connectivity index (χ3v) is 4.07. The zero-order valence-electron chi connectivity index (χ0n) is 13.5. The van der Waals surface area contributed by atoms with Crippen molar-refractivity contribution >= 4 is 11.6 Å². The van der Waals surface area contributed by atoms with Crippen LogP contribution in [0, 0.1) is 0 Å². The fraction of sp³-hybridized carbons (Fsp3) is 0.438. The fourth-order valence-electron chi connectivity index (χ4n) is 2.85. The van der Waals surface area contributed by atoms with Crippen molar-refractivity contribution in [2.45, 2.75) is 25.4 Å². The van der Waals surface area contributed by atoms with E-state index < -0.39 is 5.63 Å². The van der Waals surface area contributed by atoms with E-state index in [1.165, 1.54) is 10.9 Å². The van der Waals surface area contributed by atoms with E-state index in [4.69, 9.17) is 4.74 Å². The Bertz CT molecular complexity index is 737. The highest BCUT2D eigenvalue weighted by atomic mass is 16.5. The predicted octanol–water partition coefficient (Wildman–Crippen LogP) is 0.367. The number of piperidine rings is 1. The number of carbonyl (C=O) groups excluding carboxylic acids is 1. The van der Waals surface area contributed by atoms with Gasteiger partial charge in [-0.25, -0.2) is 4.79 Å². The summed E-state index contributed by atoms with van der Waals surface area (Å²) in [4.78, 5) is 25.2. The molecule has 0 aliphatic carbocycles. The number of rotatable bonds is 5. The monoisotopic (exact) mass is 333 g/mol. The highest BCUT2D eigenvalue weighted by molar-refractivity contribution is 5.74. The molecule has 24 heavy (non-hydrogen) atoms. The average Bonchev–Trinajstić information content (AvgIpc) is 3.00. The molecule has 1 atom stereocenters. The van der Waals surface area contributed by atoms with Gasteiger partial charge in [0.25, 0.3) is 18.6 Å². The summed E-state index contributed by atoms with van der Waals surface area (Å²) in [7, 11) is 1.64. The summed E-state index contributed by atoms with van der Waals surface area (Å²) < 4.78 is 11.1. The van der Waals surface area contributed by atoms with Crippen LogP contribution in [0.5, 0.6) is 5.75 Å². The number of ether oxygens (including phenoxy) is 1. The number of H-pyrrole nitrogens is 1. The lowest BCUT2D eigenvalue weighted by atomic mass is 10.1. The van der Waals surface area contributed by atoms with E-state index in [2.05, 4.69) is 15.1 Å². The lowest BCUT2D eigenvalue weighted by Crippen LogP contribution is -2.51. The Labute approximate surface area is 139 Å². The quantitative estimate of drug-likeness (QED) is 0.771. The number of methoxy groups -OCH3 is 1. The second kappa shape index (κ2) is 7.20. The molecule has 1 amide bonds. The summed E-state index contributed by atoms with van der Waals surface area (Å²) >= 11 is 0. The fourth-order valence-corrected chi connectivity index (χ4v) is 2.85. The molecule has 0 spiro atoms. The van der Waals surface area contributed by atoms with Crippen molar-refractivity contribution in [3.8, 4) is 5.75 Å². The molecule has 128 valence electrons. The number of likely N-dealkylation sites (tertiary alicyclic amines) is 1. The topological polar surface area (TPSA) is 91.4 Å². The number of nitrogens with zero attached hydrogens (tertiary/aromatic N) is 2. The Morgan fingerprint density at radius 1 is 1.46 bits per heavy atom. The summed E-state index contributed by atoms with van der Waals surface area (Å²) in [5.41, 5.74) is 0.504. The molecule has 0 unspecified atom stereocenters. The molecule has 1 aromatic heterocycles. The van der Waals surface area contributed by atoms with Crippen LogP contribution in [0.1, 0.15) is 12.8 Å². The van der Waals surface area contributed by atoms with Crippen molar-refractivity contribution in [3.05, 3.63) is 40.9 Å². The SMILES string of the molecule is COc1ccc(N[C@H]2CCCN(C(=O)C[n+]3cc(=O)o[nH]3)C2)cc1. The first-order chi connectivity index (χ1) is 11.6.